The Morgan fingerprint density at radius 3 is 2.41 bits per heavy atom. The van der Waals surface area contributed by atoms with Crippen molar-refractivity contribution in [2.24, 2.45) is 23.7 Å². The SMILES string of the molecule is O=C(Nc1ccc(Oc2ccc(Br)cc2)cc1)[C@@H]1[C@H]2C[C@@H]3[C@@H]1C(=O)O[C@@H]3C2. The fraction of sp³-hybridized carbons (Fsp3) is 0.333. The van der Waals surface area contributed by atoms with E-state index >= 15 is 0 Å². The minimum Gasteiger partial charge on any atom is -0.462 e. The molecule has 5 nitrogen and oxygen atoms in total. The average Bonchev–Trinajstić information content (AvgIpc) is 3.27. The lowest BCUT2D eigenvalue weighted by molar-refractivity contribution is -0.145. The van der Waals surface area contributed by atoms with Crippen molar-refractivity contribution in [3.05, 3.63) is 53.0 Å². The number of carbonyl (C=O) groups excluding carboxylic acids is 2. The molecule has 3 aliphatic rings. The molecule has 1 saturated heterocycles. The molecule has 2 aromatic rings. The number of halogens is 1. The molecule has 2 aliphatic carbocycles. The number of benzene rings is 2. The van der Waals surface area contributed by atoms with Gasteiger partial charge >= 0.3 is 5.97 Å². The molecule has 0 spiro atoms. The molecule has 2 saturated carbocycles. The van der Waals surface area contributed by atoms with Gasteiger partial charge in [0.25, 0.3) is 0 Å². The van der Waals surface area contributed by atoms with E-state index in [0.29, 0.717) is 11.4 Å². The van der Waals surface area contributed by atoms with Crippen LogP contribution in [0.15, 0.2) is 53.0 Å². The van der Waals surface area contributed by atoms with Crippen LogP contribution in [0.3, 0.4) is 0 Å². The van der Waals surface area contributed by atoms with Gasteiger partial charge in [0.1, 0.15) is 17.6 Å². The highest BCUT2D eigenvalue weighted by atomic mass is 79.9. The van der Waals surface area contributed by atoms with Gasteiger partial charge in [-0.25, -0.2) is 0 Å². The summed E-state index contributed by atoms with van der Waals surface area (Å²) >= 11 is 3.39. The Bertz CT molecular complexity index is 893. The molecular weight excluding hydrogens is 410 g/mol. The molecule has 5 rings (SSSR count). The van der Waals surface area contributed by atoms with Crippen molar-refractivity contribution in [3.63, 3.8) is 0 Å². The van der Waals surface area contributed by atoms with Gasteiger partial charge in [-0.15, -0.1) is 0 Å². The molecule has 138 valence electrons. The van der Waals surface area contributed by atoms with Gasteiger partial charge in [-0.1, -0.05) is 15.9 Å². The van der Waals surface area contributed by atoms with Crippen molar-refractivity contribution < 1.29 is 19.1 Å². The van der Waals surface area contributed by atoms with Crippen LogP contribution in [0.1, 0.15) is 12.8 Å². The monoisotopic (exact) mass is 427 g/mol. The highest BCUT2D eigenvalue weighted by Crippen LogP contribution is 2.57. The van der Waals surface area contributed by atoms with Crippen LogP contribution in [0.5, 0.6) is 11.5 Å². The van der Waals surface area contributed by atoms with Crippen LogP contribution in [0.25, 0.3) is 0 Å². The molecule has 2 bridgehead atoms. The van der Waals surface area contributed by atoms with Crippen LogP contribution in [-0.2, 0) is 14.3 Å². The third-order valence-electron chi connectivity index (χ3n) is 5.96. The number of esters is 1. The van der Waals surface area contributed by atoms with E-state index < -0.39 is 0 Å². The average molecular weight is 428 g/mol. The molecule has 1 N–H and O–H groups in total. The zero-order valence-electron chi connectivity index (χ0n) is 14.4. The fourth-order valence-electron chi connectivity index (χ4n) is 4.83. The van der Waals surface area contributed by atoms with Gasteiger partial charge < -0.3 is 14.8 Å². The first-order valence-electron chi connectivity index (χ1n) is 9.13. The van der Waals surface area contributed by atoms with Gasteiger partial charge in [-0.05, 0) is 67.3 Å². The van der Waals surface area contributed by atoms with Crippen molar-refractivity contribution in [1.29, 1.82) is 0 Å². The summed E-state index contributed by atoms with van der Waals surface area (Å²) in [5.74, 6) is 1.14. The highest BCUT2D eigenvalue weighted by Gasteiger charge is 2.63. The summed E-state index contributed by atoms with van der Waals surface area (Å²) < 4.78 is 12.2. The van der Waals surface area contributed by atoms with E-state index in [1.165, 1.54) is 0 Å². The number of ether oxygens (including phenoxy) is 2. The van der Waals surface area contributed by atoms with Crippen LogP contribution in [-0.4, -0.2) is 18.0 Å². The number of fused-ring (bicyclic) bond motifs is 1. The molecule has 6 heteroatoms. The van der Waals surface area contributed by atoms with E-state index in [9.17, 15) is 9.59 Å². The van der Waals surface area contributed by atoms with Crippen molar-refractivity contribution in [3.8, 4) is 11.5 Å². The van der Waals surface area contributed by atoms with Crippen molar-refractivity contribution in [2.75, 3.05) is 5.32 Å². The topological polar surface area (TPSA) is 64.6 Å². The van der Waals surface area contributed by atoms with Crippen LogP contribution >= 0.6 is 15.9 Å². The molecule has 1 amide bonds. The quantitative estimate of drug-likeness (QED) is 0.735. The standard InChI is InChI=1S/C21H18BrNO4/c22-12-1-5-14(6-2-12)26-15-7-3-13(4-8-15)23-20(24)18-11-9-16-17(10-11)27-21(25)19(16)18/h1-8,11,16-19H,9-10H2,(H,23,24)/t11-,16-,17+,18+,19-/m0/s1. The third-order valence-corrected chi connectivity index (χ3v) is 6.49. The number of anilines is 1. The second kappa shape index (κ2) is 6.37. The summed E-state index contributed by atoms with van der Waals surface area (Å²) in [7, 11) is 0. The van der Waals surface area contributed by atoms with Crippen molar-refractivity contribution in [2.45, 2.75) is 18.9 Å². The lowest BCUT2D eigenvalue weighted by atomic mass is 9.79. The van der Waals surface area contributed by atoms with Gasteiger partial charge in [0.05, 0.1) is 11.8 Å². The summed E-state index contributed by atoms with van der Waals surface area (Å²) in [5.41, 5.74) is 0.703. The van der Waals surface area contributed by atoms with E-state index in [1.807, 2.05) is 48.5 Å². The van der Waals surface area contributed by atoms with Gasteiger partial charge in [0, 0.05) is 16.1 Å². The van der Waals surface area contributed by atoms with E-state index in [0.717, 1.165) is 23.1 Å². The van der Waals surface area contributed by atoms with Crippen molar-refractivity contribution >= 4 is 33.5 Å². The zero-order valence-corrected chi connectivity index (χ0v) is 16.0. The highest BCUT2D eigenvalue weighted by molar-refractivity contribution is 9.10. The van der Waals surface area contributed by atoms with Crippen LogP contribution < -0.4 is 10.1 Å². The molecule has 5 atom stereocenters. The largest absolute Gasteiger partial charge is 0.462 e. The van der Waals surface area contributed by atoms with Gasteiger partial charge in [-0.2, -0.15) is 0 Å². The van der Waals surface area contributed by atoms with Gasteiger partial charge in [0.15, 0.2) is 0 Å². The molecule has 0 radical (unpaired) electrons. The second-order valence-corrected chi connectivity index (χ2v) is 8.41. The third kappa shape index (κ3) is 2.92. The Kier molecular flexibility index (Phi) is 3.97. The number of hydrogen-bond donors (Lipinski definition) is 1. The number of rotatable bonds is 4. The Hall–Kier alpha value is -2.34. The summed E-state index contributed by atoms with van der Waals surface area (Å²) in [6.07, 6.45) is 1.80. The molecule has 2 aromatic carbocycles. The number of carbonyl (C=O) groups is 2. The molecule has 0 unspecified atom stereocenters. The minimum atomic E-state index is -0.264. The van der Waals surface area contributed by atoms with Crippen LogP contribution in [0.2, 0.25) is 0 Å². The fourth-order valence-corrected chi connectivity index (χ4v) is 5.10. The Morgan fingerprint density at radius 1 is 1.04 bits per heavy atom. The van der Waals surface area contributed by atoms with Gasteiger partial charge in [0.2, 0.25) is 5.91 Å². The summed E-state index contributed by atoms with van der Waals surface area (Å²) in [6, 6.07) is 14.8. The maximum Gasteiger partial charge on any atom is 0.310 e. The zero-order chi connectivity index (χ0) is 18.5. The summed E-state index contributed by atoms with van der Waals surface area (Å²) in [6.45, 7) is 0. The van der Waals surface area contributed by atoms with E-state index in [-0.39, 0.29) is 41.7 Å². The summed E-state index contributed by atoms with van der Waals surface area (Å²) in [5, 5.41) is 2.96. The lowest BCUT2D eigenvalue weighted by Gasteiger charge is -2.23. The molecule has 0 aromatic heterocycles. The first-order valence-corrected chi connectivity index (χ1v) is 9.92. The van der Waals surface area contributed by atoms with Crippen LogP contribution in [0, 0.1) is 23.7 Å². The predicted molar refractivity (Wildman–Crippen MR) is 102 cm³/mol. The smallest absolute Gasteiger partial charge is 0.310 e. The van der Waals surface area contributed by atoms with Crippen molar-refractivity contribution in [1.82, 2.24) is 0 Å². The molecule has 1 heterocycles. The molecule has 3 fully saturated rings. The maximum absolute atomic E-state index is 12.8. The normalized spacial score (nSPS) is 30.3. The number of hydrogen-bond acceptors (Lipinski definition) is 4. The van der Waals surface area contributed by atoms with E-state index in [2.05, 4.69) is 21.2 Å². The molecule has 27 heavy (non-hydrogen) atoms. The van der Waals surface area contributed by atoms with Gasteiger partial charge in [-0.3, -0.25) is 9.59 Å². The Labute approximate surface area is 165 Å². The number of nitrogens with one attached hydrogen (secondary N) is 1. The lowest BCUT2D eigenvalue weighted by Crippen LogP contribution is -2.35. The van der Waals surface area contributed by atoms with E-state index in [4.69, 9.17) is 9.47 Å². The van der Waals surface area contributed by atoms with Crippen LogP contribution in [0.4, 0.5) is 5.69 Å². The molecular formula is C21H18BrNO4. The first-order chi connectivity index (χ1) is 13.1. The van der Waals surface area contributed by atoms with E-state index in [1.54, 1.807) is 0 Å². The first kappa shape index (κ1) is 16.8. The Balaban J connectivity index is 1.25. The Morgan fingerprint density at radius 2 is 1.70 bits per heavy atom. The maximum atomic E-state index is 12.8. The predicted octanol–water partition coefficient (Wildman–Crippen LogP) is 4.38. The minimum absolute atomic E-state index is 0.0478. The molecule has 1 aliphatic heterocycles. The second-order valence-electron chi connectivity index (χ2n) is 7.49. The summed E-state index contributed by atoms with van der Waals surface area (Å²) in [4.78, 5) is 24.9. The number of amides is 1.